The van der Waals surface area contributed by atoms with Gasteiger partial charge in [-0.2, -0.15) is 13.2 Å². The Bertz CT molecular complexity index is 209. The van der Waals surface area contributed by atoms with Gasteiger partial charge in [0, 0.05) is 13.6 Å². The molecule has 0 saturated carbocycles. The second-order valence-corrected chi connectivity index (χ2v) is 3.38. The van der Waals surface area contributed by atoms with E-state index in [-0.39, 0.29) is 12.5 Å². The van der Waals surface area contributed by atoms with Crippen molar-refractivity contribution in [2.24, 2.45) is 5.73 Å². The average Bonchev–Trinajstić information content (AvgIpc) is 2.19. The van der Waals surface area contributed by atoms with Gasteiger partial charge in [0.2, 0.25) is 5.91 Å². The third kappa shape index (κ3) is 8.49. The van der Waals surface area contributed by atoms with Gasteiger partial charge in [-0.3, -0.25) is 4.79 Å². The number of nitrogens with zero attached hydrogens (tertiary/aromatic N) is 1. The lowest BCUT2D eigenvalue weighted by Crippen LogP contribution is -2.32. The van der Waals surface area contributed by atoms with Crippen LogP contribution in [-0.4, -0.2) is 50.3 Å². The first-order valence-electron chi connectivity index (χ1n) is 4.95. The zero-order valence-corrected chi connectivity index (χ0v) is 9.22. The van der Waals surface area contributed by atoms with Gasteiger partial charge in [0.25, 0.3) is 0 Å². The number of carbonyl (C=O) groups excluding carboxylic acids is 1. The maximum atomic E-state index is 11.7. The van der Waals surface area contributed by atoms with E-state index >= 15 is 0 Å². The number of hydrogen-bond acceptors (Lipinski definition) is 3. The average molecular weight is 242 g/mol. The summed E-state index contributed by atoms with van der Waals surface area (Å²) in [6.45, 7) is 0.141. The molecule has 0 aliphatic rings. The van der Waals surface area contributed by atoms with Gasteiger partial charge in [-0.15, -0.1) is 0 Å². The summed E-state index contributed by atoms with van der Waals surface area (Å²) >= 11 is 0. The molecule has 0 fully saturated rings. The highest BCUT2D eigenvalue weighted by atomic mass is 19.4. The van der Waals surface area contributed by atoms with Crippen LogP contribution in [-0.2, 0) is 9.53 Å². The van der Waals surface area contributed by atoms with Crippen LogP contribution in [0.4, 0.5) is 13.2 Å². The van der Waals surface area contributed by atoms with E-state index in [0.29, 0.717) is 19.5 Å². The van der Waals surface area contributed by atoms with Gasteiger partial charge in [0.1, 0.15) is 6.61 Å². The molecule has 1 amide bonds. The number of nitrogens with two attached hydrogens (primary N) is 1. The summed E-state index contributed by atoms with van der Waals surface area (Å²) in [5, 5.41) is 0. The predicted molar refractivity (Wildman–Crippen MR) is 52.8 cm³/mol. The summed E-state index contributed by atoms with van der Waals surface area (Å²) < 4.78 is 39.8. The number of rotatable bonds is 7. The van der Waals surface area contributed by atoms with E-state index in [2.05, 4.69) is 4.74 Å². The molecule has 0 aliphatic heterocycles. The maximum absolute atomic E-state index is 11.7. The number of amides is 1. The van der Waals surface area contributed by atoms with Crippen LogP contribution in [0, 0.1) is 0 Å². The van der Waals surface area contributed by atoms with E-state index in [1.165, 1.54) is 4.90 Å². The SMILES string of the molecule is CN(CCCN)C(=O)COCCC(F)(F)F. The van der Waals surface area contributed by atoms with Crippen molar-refractivity contribution in [3.8, 4) is 0 Å². The van der Waals surface area contributed by atoms with Crippen molar-refractivity contribution >= 4 is 5.91 Å². The minimum Gasteiger partial charge on any atom is -0.371 e. The monoisotopic (exact) mass is 242 g/mol. The van der Waals surface area contributed by atoms with Crippen LogP contribution in [0.25, 0.3) is 0 Å². The Balaban J connectivity index is 3.57. The Morgan fingerprint density at radius 2 is 2.06 bits per heavy atom. The highest BCUT2D eigenvalue weighted by Crippen LogP contribution is 2.18. The predicted octanol–water partition coefficient (Wildman–Crippen LogP) is 0.763. The maximum Gasteiger partial charge on any atom is 0.391 e. The van der Waals surface area contributed by atoms with Crippen LogP contribution in [0.15, 0.2) is 0 Å². The van der Waals surface area contributed by atoms with Crippen molar-refractivity contribution in [3.05, 3.63) is 0 Å². The molecular weight excluding hydrogens is 225 g/mol. The minimum atomic E-state index is -4.24. The third-order valence-electron chi connectivity index (χ3n) is 1.88. The van der Waals surface area contributed by atoms with Crippen molar-refractivity contribution in [2.75, 3.05) is 33.4 Å². The Kier molecular flexibility index (Phi) is 7.07. The summed E-state index contributed by atoms with van der Waals surface area (Å²) in [6, 6.07) is 0. The van der Waals surface area contributed by atoms with Gasteiger partial charge in [-0.25, -0.2) is 0 Å². The molecule has 0 aromatic carbocycles. The zero-order chi connectivity index (χ0) is 12.6. The fourth-order valence-electron chi connectivity index (χ4n) is 0.911. The van der Waals surface area contributed by atoms with Gasteiger partial charge < -0.3 is 15.4 Å². The molecule has 4 nitrogen and oxygen atoms in total. The minimum absolute atomic E-state index is 0.322. The van der Waals surface area contributed by atoms with Crippen molar-refractivity contribution in [1.82, 2.24) is 4.90 Å². The van der Waals surface area contributed by atoms with Crippen molar-refractivity contribution in [2.45, 2.75) is 19.0 Å². The van der Waals surface area contributed by atoms with E-state index in [1.807, 2.05) is 0 Å². The van der Waals surface area contributed by atoms with Crippen LogP contribution >= 0.6 is 0 Å². The Hall–Kier alpha value is -0.820. The molecular formula is C9H17F3N2O2. The third-order valence-corrected chi connectivity index (χ3v) is 1.88. The number of ether oxygens (including phenoxy) is 1. The molecule has 0 aromatic heterocycles. The molecule has 2 N–H and O–H groups in total. The molecule has 0 aliphatic carbocycles. The highest BCUT2D eigenvalue weighted by Gasteiger charge is 2.26. The first-order valence-corrected chi connectivity index (χ1v) is 4.95. The number of halogens is 3. The van der Waals surface area contributed by atoms with Gasteiger partial charge in [0.15, 0.2) is 0 Å². The Labute approximate surface area is 92.5 Å². The van der Waals surface area contributed by atoms with Gasteiger partial charge in [-0.1, -0.05) is 0 Å². The van der Waals surface area contributed by atoms with E-state index in [4.69, 9.17) is 5.73 Å². The number of likely N-dealkylation sites (N-methyl/N-ethyl adjacent to an activating group) is 1. The number of alkyl halides is 3. The lowest BCUT2D eigenvalue weighted by molar-refractivity contribution is -0.151. The molecule has 16 heavy (non-hydrogen) atoms. The number of carbonyl (C=O) groups is 1. The van der Waals surface area contributed by atoms with E-state index < -0.39 is 19.2 Å². The first kappa shape index (κ1) is 15.2. The molecule has 7 heteroatoms. The van der Waals surface area contributed by atoms with Crippen LogP contribution in [0.5, 0.6) is 0 Å². The fraction of sp³-hybridized carbons (Fsp3) is 0.889. The normalized spacial score (nSPS) is 11.6. The Morgan fingerprint density at radius 3 is 2.56 bits per heavy atom. The summed E-state index contributed by atoms with van der Waals surface area (Å²) in [4.78, 5) is 12.6. The summed E-state index contributed by atoms with van der Waals surface area (Å²) in [5.41, 5.74) is 5.25. The van der Waals surface area contributed by atoms with Gasteiger partial charge >= 0.3 is 6.18 Å². The highest BCUT2D eigenvalue weighted by molar-refractivity contribution is 5.77. The largest absolute Gasteiger partial charge is 0.391 e. The number of hydrogen-bond donors (Lipinski definition) is 1. The van der Waals surface area contributed by atoms with Crippen LogP contribution < -0.4 is 5.73 Å². The zero-order valence-electron chi connectivity index (χ0n) is 9.22. The van der Waals surface area contributed by atoms with Gasteiger partial charge in [-0.05, 0) is 13.0 Å². The van der Waals surface area contributed by atoms with E-state index in [0.717, 1.165) is 0 Å². The molecule has 0 rings (SSSR count). The molecule has 0 atom stereocenters. The summed E-state index contributed by atoms with van der Waals surface area (Å²) in [6.07, 6.45) is -4.62. The molecule has 0 radical (unpaired) electrons. The van der Waals surface area contributed by atoms with Crippen molar-refractivity contribution < 1.29 is 22.7 Å². The Morgan fingerprint density at radius 1 is 1.44 bits per heavy atom. The fourth-order valence-corrected chi connectivity index (χ4v) is 0.911. The molecule has 0 unspecified atom stereocenters. The lowest BCUT2D eigenvalue weighted by atomic mass is 10.4. The molecule has 96 valence electrons. The molecule has 0 spiro atoms. The molecule has 0 saturated heterocycles. The van der Waals surface area contributed by atoms with Crippen LogP contribution in [0.1, 0.15) is 12.8 Å². The summed E-state index contributed by atoms with van der Waals surface area (Å²) in [7, 11) is 1.56. The topological polar surface area (TPSA) is 55.6 Å². The smallest absolute Gasteiger partial charge is 0.371 e. The molecule has 0 bridgehead atoms. The second kappa shape index (κ2) is 7.45. The van der Waals surface area contributed by atoms with Crippen molar-refractivity contribution in [3.63, 3.8) is 0 Å². The van der Waals surface area contributed by atoms with E-state index in [1.54, 1.807) is 7.05 Å². The van der Waals surface area contributed by atoms with Crippen LogP contribution in [0.2, 0.25) is 0 Å². The second-order valence-electron chi connectivity index (χ2n) is 3.38. The lowest BCUT2D eigenvalue weighted by Gasteiger charge is -2.16. The quantitative estimate of drug-likeness (QED) is 0.671. The first-order chi connectivity index (χ1) is 7.37. The van der Waals surface area contributed by atoms with Crippen molar-refractivity contribution in [1.29, 1.82) is 0 Å². The van der Waals surface area contributed by atoms with Gasteiger partial charge in [0.05, 0.1) is 13.0 Å². The summed E-state index contributed by atoms with van der Waals surface area (Å²) in [5.74, 6) is -0.337. The van der Waals surface area contributed by atoms with E-state index in [9.17, 15) is 18.0 Å². The van der Waals surface area contributed by atoms with Crippen LogP contribution in [0.3, 0.4) is 0 Å². The standard InChI is InChI=1S/C9H17F3N2O2/c1-14(5-2-4-13)8(15)7-16-6-3-9(10,11)12/h2-7,13H2,1H3. The molecule has 0 aromatic rings. The molecule has 0 heterocycles.